The Morgan fingerprint density at radius 3 is 2.67 bits per heavy atom. The number of hydrogen-bond acceptors (Lipinski definition) is 8. The van der Waals surface area contributed by atoms with E-state index in [4.69, 9.17) is 14.0 Å². The van der Waals surface area contributed by atoms with Crippen LogP contribution in [0.25, 0.3) is 11.4 Å². The SMILES string of the molecule is CCOc1ccc(C(=O)CCC(=O)OCCCc2nc(-c3cccnc3)no2)cc1. The van der Waals surface area contributed by atoms with E-state index < -0.39 is 5.97 Å². The van der Waals surface area contributed by atoms with Gasteiger partial charge in [0, 0.05) is 36.4 Å². The number of pyridine rings is 1. The van der Waals surface area contributed by atoms with Crippen LogP contribution in [0.3, 0.4) is 0 Å². The number of carbonyl (C=O) groups excluding carboxylic acids is 2. The Labute approximate surface area is 174 Å². The van der Waals surface area contributed by atoms with E-state index >= 15 is 0 Å². The first-order valence-corrected chi connectivity index (χ1v) is 9.80. The molecule has 0 aliphatic heterocycles. The zero-order chi connectivity index (χ0) is 21.2. The van der Waals surface area contributed by atoms with Gasteiger partial charge >= 0.3 is 5.97 Å². The van der Waals surface area contributed by atoms with Crippen LogP contribution in [0.2, 0.25) is 0 Å². The predicted octanol–water partition coefficient (Wildman–Crippen LogP) is 3.67. The highest BCUT2D eigenvalue weighted by molar-refractivity contribution is 5.97. The molecule has 2 aromatic heterocycles. The molecular weight excluding hydrogens is 386 g/mol. The number of nitrogens with zero attached hydrogens (tertiary/aromatic N) is 3. The average molecular weight is 409 g/mol. The Morgan fingerprint density at radius 2 is 1.93 bits per heavy atom. The molecule has 0 amide bonds. The molecule has 0 radical (unpaired) electrons. The van der Waals surface area contributed by atoms with Crippen molar-refractivity contribution in [1.82, 2.24) is 15.1 Å². The predicted molar refractivity (Wildman–Crippen MR) is 108 cm³/mol. The van der Waals surface area contributed by atoms with Crippen molar-refractivity contribution in [2.75, 3.05) is 13.2 Å². The number of Topliss-reactive ketones (excluding diaryl/α,β-unsaturated/α-hetero) is 1. The first-order valence-electron chi connectivity index (χ1n) is 9.80. The van der Waals surface area contributed by atoms with Gasteiger partial charge in [0.2, 0.25) is 11.7 Å². The maximum absolute atomic E-state index is 12.2. The lowest BCUT2D eigenvalue weighted by molar-refractivity contribution is -0.143. The first-order chi connectivity index (χ1) is 14.7. The number of aryl methyl sites for hydroxylation is 1. The van der Waals surface area contributed by atoms with Gasteiger partial charge in [0.25, 0.3) is 0 Å². The van der Waals surface area contributed by atoms with Gasteiger partial charge in [0.1, 0.15) is 5.75 Å². The molecule has 30 heavy (non-hydrogen) atoms. The van der Waals surface area contributed by atoms with E-state index in [0.717, 1.165) is 5.56 Å². The van der Waals surface area contributed by atoms with Crippen molar-refractivity contribution in [3.8, 4) is 17.1 Å². The molecule has 3 aromatic rings. The lowest BCUT2D eigenvalue weighted by Gasteiger charge is -2.05. The normalized spacial score (nSPS) is 10.6. The maximum atomic E-state index is 12.2. The fourth-order valence-electron chi connectivity index (χ4n) is 2.71. The summed E-state index contributed by atoms with van der Waals surface area (Å²) in [6.45, 7) is 2.68. The summed E-state index contributed by atoms with van der Waals surface area (Å²) in [5.41, 5.74) is 1.32. The zero-order valence-electron chi connectivity index (χ0n) is 16.7. The minimum Gasteiger partial charge on any atom is -0.494 e. The Balaban J connectivity index is 1.34. The summed E-state index contributed by atoms with van der Waals surface area (Å²) in [6.07, 6.45) is 4.51. The fraction of sp³-hybridized carbons (Fsp3) is 0.318. The monoisotopic (exact) mass is 409 g/mol. The fourth-order valence-corrected chi connectivity index (χ4v) is 2.71. The van der Waals surface area contributed by atoms with Crippen molar-refractivity contribution in [2.45, 2.75) is 32.6 Å². The molecule has 0 aliphatic carbocycles. The maximum Gasteiger partial charge on any atom is 0.306 e. The third-order valence-electron chi connectivity index (χ3n) is 4.23. The van der Waals surface area contributed by atoms with Crippen LogP contribution in [0.15, 0.2) is 53.3 Å². The number of aromatic nitrogens is 3. The summed E-state index contributed by atoms with van der Waals surface area (Å²) in [5.74, 6) is 1.14. The van der Waals surface area contributed by atoms with Gasteiger partial charge in [-0.2, -0.15) is 4.98 Å². The number of ether oxygens (including phenoxy) is 2. The van der Waals surface area contributed by atoms with Crippen molar-refractivity contribution in [1.29, 1.82) is 0 Å². The van der Waals surface area contributed by atoms with Crippen LogP contribution in [0.4, 0.5) is 0 Å². The molecule has 0 N–H and O–H groups in total. The largest absolute Gasteiger partial charge is 0.494 e. The number of rotatable bonds is 11. The lowest BCUT2D eigenvalue weighted by Crippen LogP contribution is -2.09. The summed E-state index contributed by atoms with van der Waals surface area (Å²) >= 11 is 0. The van der Waals surface area contributed by atoms with Crippen LogP contribution < -0.4 is 4.74 Å². The number of esters is 1. The number of hydrogen-bond donors (Lipinski definition) is 0. The highest BCUT2D eigenvalue weighted by atomic mass is 16.5. The smallest absolute Gasteiger partial charge is 0.306 e. The van der Waals surface area contributed by atoms with Gasteiger partial charge in [-0.25, -0.2) is 0 Å². The molecule has 0 saturated heterocycles. The zero-order valence-corrected chi connectivity index (χ0v) is 16.7. The van der Waals surface area contributed by atoms with Crippen LogP contribution in [0.5, 0.6) is 5.75 Å². The summed E-state index contributed by atoms with van der Waals surface area (Å²) < 4.78 is 15.7. The molecule has 156 valence electrons. The Morgan fingerprint density at radius 1 is 1.10 bits per heavy atom. The molecule has 3 rings (SSSR count). The van der Waals surface area contributed by atoms with Gasteiger partial charge in [0.15, 0.2) is 5.78 Å². The van der Waals surface area contributed by atoms with E-state index in [1.165, 1.54) is 0 Å². The van der Waals surface area contributed by atoms with Crippen molar-refractivity contribution in [2.24, 2.45) is 0 Å². The van der Waals surface area contributed by atoms with E-state index in [-0.39, 0.29) is 25.2 Å². The number of ketones is 1. The standard InChI is InChI=1S/C22H23N3O5/c1-2-28-18-9-7-16(8-10-18)19(26)11-12-21(27)29-14-4-6-20-24-22(25-30-20)17-5-3-13-23-15-17/h3,5,7-10,13,15H,2,4,6,11-12,14H2,1H3. The molecule has 8 heteroatoms. The molecule has 8 nitrogen and oxygen atoms in total. The molecule has 0 aliphatic rings. The highest BCUT2D eigenvalue weighted by Crippen LogP contribution is 2.15. The van der Waals surface area contributed by atoms with E-state index in [0.29, 0.717) is 42.5 Å². The van der Waals surface area contributed by atoms with Gasteiger partial charge in [-0.1, -0.05) is 5.16 Å². The van der Waals surface area contributed by atoms with Crippen molar-refractivity contribution in [3.05, 3.63) is 60.2 Å². The van der Waals surface area contributed by atoms with E-state index in [2.05, 4.69) is 15.1 Å². The molecule has 0 saturated carbocycles. The third kappa shape index (κ3) is 6.23. The molecule has 0 spiro atoms. The number of carbonyl (C=O) groups is 2. The van der Waals surface area contributed by atoms with Crippen LogP contribution >= 0.6 is 0 Å². The van der Waals surface area contributed by atoms with Gasteiger partial charge in [-0.15, -0.1) is 0 Å². The second-order valence-corrected chi connectivity index (χ2v) is 6.46. The Kier molecular flexibility index (Phi) is 7.65. The summed E-state index contributed by atoms with van der Waals surface area (Å²) in [6, 6.07) is 10.5. The number of benzene rings is 1. The minimum absolute atomic E-state index is 0.0394. The first kappa shape index (κ1) is 21.2. The van der Waals surface area contributed by atoms with Crippen molar-refractivity contribution in [3.63, 3.8) is 0 Å². The lowest BCUT2D eigenvalue weighted by atomic mass is 10.1. The second kappa shape index (κ2) is 10.8. The van der Waals surface area contributed by atoms with Crippen LogP contribution in [-0.2, 0) is 16.0 Å². The van der Waals surface area contributed by atoms with Crippen LogP contribution in [0.1, 0.15) is 42.4 Å². The Bertz CT molecular complexity index is 954. The van der Waals surface area contributed by atoms with Gasteiger partial charge in [-0.05, 0) is 49.7 Å². The molecule has 2 heterocycles. The van der Waals surface area contributed by atoms with E-state index in [9.17, 15) is 9.59 Å². The van der Waals surface area contributed by atoms with Crippen LogP contribution in [-0.4, -0.2) is 40.1 Å². The van der Waals surface area contributed by atoms with E-state index in [1.807, 2.05) is 13.0 Å². The van der Waals surface area contributed by atoms with Gasteiger partial charge < -0.3 is 14.0 Å². The third-order valence-corrected chi connectivity index (χ3v) is 4.23. The molecule has 0 unspecified atom stereocenters. The topological polar surface area (TPSA) is 104 Å². The summed E-state index contributed by atoms with van der Waals surface area (Å²) in [5, 5.41) is 3.91. The molecular formula is C22H23N3O5. The highest BCUT2D eigenvalue weighted by Gasteiger charge is 2.12. The average Bonchev–Trinajstić information content (AvgIpc) is 3.25. The van der Waals surface area contributed by atoms with E-state index in [1.54, 1.807) is 42.7 Å². The minimum atomic E-state index is -0.407. The molecule has 1 aromatic carbocycles. The molecule has 0 bridgehead atoms. The Hall–Kier alpha value is -3.55. The van der Waals surface area contributed by atoms with Crippen LogP contribution in [0, 0.1) is 0 Å². The van der Waals surface area contributed by atoms with Gasteiger partial charge in [0.05, 0.1) is 19.6 Å². The molecule has 0 atom stereocenters. The van der Waals surface area contributed by atoms with Crippen molar-refractivity contribution < 1.29 is 23.6 Å². The summed E-state index contributed by atoms with van der Waals surface area (Å²) in [4.78, 5) is 32.4. The molecule has 0 fully saturated rings. The quantitative estimate of drug-likeness (QED) is 0.268. The summed E-state index contributed by atoms with van der Waals surface area (Å²) in [7, 11) is 0. The van der Waals surface area contributed by atoms with Gasteiger partial charge in [-0.3, -0.25) is 14.6 Å². The van der Waals surface area contributed by atoms with Crippen molar-refractivity contribution >= 4 is 11.8 Å². The second-order valence-electron chi connectivity index (χ2n) is 6.46.